The minimum absolute atomic E-state index is 0.147. The van der Waals surface area contributed by atoms with Crippen molar-refractivity contribution in [1.82, 2.24) is 14.8 Å². The number of halogens is 1. The Bertz CT molecular complexity index is 711. The number of anilines is 1. The van der Waals surface area contributed by atoms with Crippen LogP contribution in [0.1, 0.15) is 30.4 Å². The minimum atomic E-state index is -0.372. The molecule has 1 aliphatic carbocycles. The van der Waals surface area contributed by atoms with Gasteiger partial charge in [-0.2, -0.15) is 0 Å². The van der Waals surface area contributed by atoms with Crippen LogP contribution in [0.5, 0.6) is 5.75 Å². The summed E-state index contributed by atoms with van der Waals surface area (Å²) in [6.45, 7) is 0.319. The van der Waals surface area contributed by atoms with Gasteiger partial charge in [-0.25, -0.2) is 0 Å². The van der Waals surface area contributed by atoms with Gasteiger partial charge in [-0.15, -0.1) is 10.2 Å². The van der Waals surface area contributed by atoms with Crippen molar-refractivity contribution in [2.24, 2.45) is 0 Å². The third kappa shape index (κ3) is 2.25. The Morgan fingerprint density at radius 2 is 2.29 bits per heavy atom. The Kier molecular flexibility index (Phi) is 2.85. The van der Waals surface area contributed by atoms with Gasteiger partial charge in [-0.1, -0.05) is 11.6 Å². The first-order valence-corrected chi connectivity index (χ1v) is 7.23. The number of hydrogen-bond donors (Lipinski definition) is 1. The maximum Gasteiger partial charge on any atom is 0.237 e. The molecule has 2 aliphatic rings. The van der Waals surface area contributed by atoms with Crippen LogP contribution >= 0.6 is 11.6 Å². The molecule has 0 saturated heterocycles. The molecule has 1 fully saturated rings. The lowest BCUT2D eigenvalue weighted by Gasteiger charge is -2.10. The Morgan fingerprint density at radius 3 is 3.10 bits per heavy atom. The highest BCUT2D eigenvalue weighted by atomic mass is 35.5. The van der Waals surface area contributed by atoms with Crippen molar-refractivity contribution in [2.45, 2.75) is 24.8 Å². The predicted octanol–water partition coefficient (Wildman–Crippen LogP) is 2.38. The van der Waals surface area contributed by atoms with Crippen LogP contribution in [0.4, 0.5) is 5.95 Å². The lowest BCUT2D eigenvalue weighted by molar-refractivity contribution is -0.117. The summed E-state index contributed by atoms with van der Waals surface area (Å²) >= 11 is 6.00. The van der Waals surface area contributed by atoms with E-state index in [0.717, 1.165) is 18.4 Å². The smallest absolute Gasteiger partial charge is 0.237 e. The molecule has 1 aliphatic heterocycles. The summed E-state index contributed by atoms with van der Waals surface area (Å²) in [4.78, 5) is 12.5. The monoisotopic (exact) mass is 304 g/mol. The van der Waals surface area contributed by atoms with E-state index in [1.165, 1.54) is 0 Å². The van der Waals surface area contributed by atoms with Crippen LogP contribution in [0, 0.1) is 0 Å². The van der Waals surface area contributed by atoms with E-state index >= 15 is 0 Å². The summed E-state index contributed by atoms with van der Waals surface area (Å²) in [6.07, 6.45) is 3.86. The molecule has 21 heavy (non-hydrogen) atoms. The zero-order chi connectivity index (χ0) is 14.4. The summed E-state index contributed by atoms with van der Waals surface area (Å²) in [5.74, 6) is 0.690. The Hall–Kier alpha value is -2.08. The van der Waals surface area contributed by atoms with Crippen molar-refractivity contribution < 1.29 is 9.53 Å². The minimum Gasteiger partial charge on any atom is -0.492 e. The average Bonchev–Trinajstić information content (AvgIpc) is 3.06. The van der Waals surface area contributed by atoms with Crippen molar-refractivity contribution in [1.29, 1.82) is 0 Å². The third-order valence-electron chi connectivity index (χ3n) is 3.82. The highest BCUT2D eigenvalue weighted by molar-refractivity contribution is 6.30. The molecule has 2 aromatic rings. The number of amides is 1. The summed E-state index contributed by atoms with van der Waals surface area (Å²) in [5.41, 5.74) is 0.817. The first-order chi connectivity index (χ1) is 10.2. The molecule has 1 aromatic heterocycles. The van der Waals surface area contributed by atoms with Crippen molar-refractivity contribution >= 4 is 23.5 Å². The molecule has 7 heteroatoms. The number of rotatable bonds is 3. The summed E-state index contributed by atoms with van der Waals surface area (Å²) < 4.78 is 7.44. The van der Waals surface area contributed by atoms with Crippen LogP contribution < -0.4 is 10.1 Å². The van der Waals surface area contributed by atoms with Crippen LogP contribution in [-0.4, -0.2) is 27.3 Å². The summed E-state index contributed by atoms with van der Waals surface area (Å²) in [7, 11) is 0. The van der Waals surface area contributed by atoms with Crippen molar-refractivity contribution in [2.75, 3.05) is 11.9 Å². The van der Waals surface area contributed by atoms with Gasteiger partial charge in [-0.05, 0) is 31.0 Å². The molecule has 2 heterocycles. The maximum absolute atomic E-state index is 12.5. The van der Waals surface area contributed by atoms with Crippen molar-refractivity contribution in [3.05, 3.63) is 35.1 Å². The fraction of sp³-hybridized carbons (Fsp3) is 0.357. The molecule has 0 radical (unpaired) electrons. The molecule has 1 N–H and O–H groups in total. The molecular weight excluding hydrogens is 292 g/mol. The molecule has 1 amide bonds. The van der Waals surface area contributed by atoms with E-state index in [9.17, 15) is 4.79 Å². The standard InChI is InChI=1S/C14H13ClN4O2/c15-8-1-4-12-10(5-8)11(6-21-12)13(20)17-14-18-16-7-19(14)9-2-3-9/h1,4-5,7,9,11H,2-3,6H2,(H,17,18,20). The Balaban J connectivity index is 1.56. The number of hydrogen-bond acceptors (Lipinski definition) is 4. The van der Waals surface area contributed by atoms with E-state index in [1.54, 1.807) is 24.5 Å². The van der Waals surface area contributed by atoms with Gasteiger partial charge in [0.2, 0.25) is 11.9 Å². The highest BCUT2D eigenvalue weighted by Gasteiger charge is 2.32. The number of carbonyl (C=O) groups is 1. The number of aromatic nitrogens is 3. The molecule has 6 nitrogen and oxygen atoms in total. The highest BCUT2D eigenvalue weighted by Crippen LogP contribution is 2.38. The summed E-state index contributed by atoms with van der Waals surface area (Å²) in [5, 5.41) is 11.3. The summed E-state index contributed by atoms with van der Waals surface area (Å²) in [6, 6.07) is 5.73. The molecule has 1 atom stereocenters. The van der Waals surface area contributed by atoms with Gasteiger partial charge in [0.15, 0.2) is 0 Å². The van der Waals surface area contributed by atoms with E-state index in [0.29, 0.717) is 29.4 Å². The van der Waals surface area contributed by atoms with Crippen molar-refractivity contribution in [3.8, 4) is 5.75 Å². The van der Waals surface area contributed by atoms with Crippen LogP contribution in [-0.2, 0) is 4.79 Å². The second-order valence-corrected chi connectivity index (χ2v) is 5.76. The zero-order valence-corrected chi connectivity index (χ0v) is 11.9. The number of fused-ring (bicyclic) bond motifs is 1. The molecule has 108 valence electrons. The second-order valence-electron chi connectivity index (χ2n) is 5.33. The van der Waals surface area contributed by atoms with Gasteiger partial charge >= 0.3 is 0 Å². The molecule has 1 saturated carbocycles. The number of carbonyl (C=O) groups excluding carboxylic acids is 1. The zero-order valence-electron chi connectivity index (χ0n) is 11.1. The molecule has 0 bridgehead atoms. The SMILES string of the molecule is O=C(Nc1nncn1C1CC1)C1COc2ccc(Cl)cc21. The lowest BCUT2D eigenvalue weighted by Crippen LogP contribution is -2.24. The lowest BCUT2D eigenvalue weighted by atomic mass is 10.0. The Labute approximate surface area is 126 Å². The fourth-order valence-corrected chi connectivity index (χ4v) is 2.73. The van der Waals surface area contributed by atoms with E-state index in [-0.39, 0.29) is 11.8 Å². The van der Waals surface area contributed by atoms with Crippen LogP contribution in [0.25, 0.3) is 0 Å². The molecule has 1 aromatic carbocycles. The Morgan fingerprint density at radius 1 is 1.43 bits per heavy atom. The number of nitrogens with one attached hydrogen (secondary N) is 1. The number of benzene rings is 1. The van der Waals surface area contributed by atoms with Gasteiger partial charge in [-0.3, -0.25) is 14.7 Å². The van der Waals surface area contributed by atoms with Gasteiger partial charge in [0.1, 0.15) is 24.6 Å². The average molecular weight is 305 g/mol. The third-order valence-corrected chi connectivity index (χ3v) is 4.05. The molecular formula is C14H13ClN4O2. The number of ether oxygens (including phenoxy) is 1. The largest absolute Gasteiger partial charge is 0.492 e. The first-order valence-electron chi connectivity index (χ1n) is 6.85. The predicted molar refractivity (Wildman–Crippen MR) is 76.6 cm³/mol. The van der Waals surface area contributed by atoms with Gasteiger partial charge in [0.05, 0.1) is 0 Å². The molecule has 0 spiro atoms. The van der Waals surface area contributed by atoms with Gasteiger partial charge < -0.3 is 4.74 Å². The first kappa shape index (κ1) is 12.6. The molecule has 4 rings (SSSR count). The maximum atomic E-state index is 12.5. The van der Waals surface area contributed by atoms with Gasteiger partial charge in [0.25, 0.3) is 0 Å². The van der Waals surface area contributed by atoms with Crippen molar-refractivity contribution in [3.63, 3.8) is 0 Å². The van der Waals surface area contributed by atoms with Crippen LogP contribution in [0.2, 0.25) is 5.02 Å². The second kappa shape index (κ2) is 4.73. The topological polar surface area (TPSA) is 69.0 Å². The number of nitrogens with zero attached hydrogens (tertiary/aromatic N) is 3. The quantitative estimate of drug-likeness (QED) is 0.945. The molecule has 1 unspecified atom stereocenters. The van der Waals surface area contributed by atoms with Crippen LogP contribution in [0.3, 0.4) is 0 Å². The van der Waals surface area contributed by atoms with E-state index < -0.39 is 0 Å². The van der Waals surface area contributed by atoms with Crippen LogP contribution in [0.15, 0.2) is 24.5 Å². The fourth-order valence-electron chi connectivity index (χ4n) is 2.55. The van der Waals surface area contributed by atoms with E-state index in [4.69, 9.17) is 16.3 Å². The van der Waals surface area contributed by atoms with E-state index in [1.807, 2.05) is 4.57 Å². The normalized spacial score (nSPS) is 20.0. The van der Waals surface area contributed by atoms with Gasteiger partial charge in [0, 0.05) is 16.6 Å². The van der Waals surface area contributed by atoms with E-state index in [2.05, 4.69) is 15.5 Å².